The molecule has 0 aromatic heterocycles. The second-order valence-electron chi connectivity index (χ2n) is 4.87. The lowest BCUT2D eigenvalue weighted by molar-refractivity contribution is -0.130. The Morgan fingerprint density at radius 1 is 1.47 bits per heavy atom. The molecule has 4 heteroatoms. The lowest BCUT2D eigenvalue weighted by atomic mass is 9.68. The highest BCUT2D eigenvalue weighted by Crippen LogP contribution is 2.40. The fourth-order valence-electron chi connectivity index (χ4n) is 2.31. The number of nitrogens with two attached hydrogens (primary N) is 1. The topological polar surface area (TPSA) is 72.2 Å². The maximum Gasteiger partial charge on any atom is 0.244 e. The Kier molecular flexibility index (Phi) is 3.76. The summed E-state index contributed by atoms with van der Waals surface area (Å²) in [6.45, 7) is 5.83. The van der Waals surface area contributed by atoms with E-state index in [4.69, 9.17) is 5.73 Å². The molecule has 4 nitrogen and oxygen atoms in total. The molecular weight excluding hydrogens is 216 g/mol. The van der Waals surface area contributed by atoms with Gasteiger partial charge in [-0.25, -0.2) is 0 Å². The predicted molar refractivity (Wildman–Crippen MR) is 67.0 cm³/mol. The van der Waals surface area contributed by atoms with Gasteiger partial charge in [0.25, 0.3) is 0 Å². The smallest absolute Gasteiger partial charge is 0.244 e. The molecule has 94 valence electrons. The summed E-state index contributed by atoms with van der Waals surface area (Å²) in [5.41, 5.74) is 6.08. The standard InChI is InChI=1S/C13H20N2O2/c1-8(2)13(12(17)15-4)6-9(3)5-10(7-13)11(14)16/h5-6,8H,7H2,1-4H3,(H2,14,16)(H,15,17). The van der Waals surface area contributed by atoms with E-state index in [0.29, 0.717) is 12.0 Å². The van der Waals surface area contributed by atoms with E-state index < -0.39 is 11.3 Å². The average molecular weight is 236 g/mol. The molecule has 0 bridgehead atoms. The zero-order valence-corrected chi connectivity index (χ0v) is 10.8. The third-order valence-corrected chi connectivity index (χ3v) is 3.37. The van der Waals surface area contributed by atoms with E-state index in [9.17, 15) is 9.59 Å². The van der Waals surface area contributed by atoms with Gasteiger partial charge < -0.3 is 11.1 Å². The van der Waals surface area contributed by atoms with Crippen LogP contribution in [0.3, 0.4) is 0 Å². The predicted octanol–water partition coefficient (Wildman–Crippen LogP) is 1.14. The Labute approximate surface area is 102 Å². The SMILES string of the molecule is CNC(=O)C1(C(C)C)C=C(C)C=C(C(N)=O)C1. The number of nitrogens with one attached hydrogen (secondary N) is 1. The number of carbonyl (C=O) groups excluding carboxylic acids is 2. The maximum absolute atomic E-state index is 12.1. The monoisotopic (exact) mass is 236 g/mol. The van der Waals surface area contributed by atoms with Crippen LogP contribution in [0, 0.1) is 11.3 Å². The molecule has 0 fully saturated rings. The first-order valence-corrected chi connectivity index (χ1v) is 5.75. The summed E-state index contributed by atoms with van der Waals surface area (Å²) in [7, 11) is 1.61. The van der Waals surface area contributed by atoms with Crippen molar-refractivity contribution in [3.8, 4) is 0 Å². The zero-order valence-electron chi connectivity index (χ0n) is 10.8. The molecule has 0 aliphatic heterocycles. The summed E-state index contributed by atoms with van der Waals surface area (Å²) < 4.78 is 0. The van der Waals surface area contributed by atoms with Gasteiger partial charge in [-0.2, -0.15) is 0 Å². The number of rotatable bonds is 3. The number of primary amides is 1. The first kappa shape index (κ1) is 13.5. The van der Waals surface area contributed by atoms with E-state index >= 15 is 0 Å². The zero-order chi connectivity index (χ0) is 13.2. The lowest BCUT2D eigenvalue weighted by Gasteiger charge is -2.36. The van der Waals surface area contributed by atoms with Crippen molar-refractivity contribution in [2.45, 2.75) is 27.2 Å². The van der Waals surface area contributed by atoms with Gasteiger partial charge in [0.05, 0.1) is 5.41 Å². The van der Waals surface area contributed by atoms with Crippen LogP contribution in [0.25, 0.3) is 0 Å². The van der Waals surface area contributed by atoms with Gasteiger partial charge in [-0.3, -0.25) is 9.59 Å². The Morgan fingerprint density at radius 2 is 2.06 bits per heavy atom. The van der Waals surface area contributed by atoms with Crippen LogP contribution in [-0.2, 0) is 9.59 Å². The summed E-state index contributed by atoms with van der Waals surface area (Å²) in [6.07, 6.45) is 4.06. The minimum atomic E-state index is -0.669. The van der Waals surface area contributed by atoms with E-state index in [2.05, 4.69) is 5.32 Å². The van der Waals surface area contributed by atoms with Crippen molar-refractivity contribution in [2.24, 2.45) is 17.1 Å². The number of hydrogen-bond acceptors (Lipinski definition) is 2. The quantitative estimate of drug-likeness (QED) is 0.771. The third kappa shape index (κ3) is 2.40. The van der Waals surface area contributed by atoms with Crippen molar-refractivity contribution < 1.29 is 9.59 Å². The molecule has 0 saturated carbocycles. The van der Waals surface area contributed by atoms with E-state index in [-0.39, 0.29) is 11.8 Å². The van der Waals surface area contributed by atoms with Gasteiger partial charge in [-0.05, 0) is 19.3 Å². The van der Waals surface area contributed by atoms with Crippen molar-refractivity contribution in [3.63, 3.8) is 0 Å². The molecular formula is C13H20N2O2. The van der Waals surface area contributed by atoms with Gasteiger partial charge >= 0.3 is 0 Å². The van der Waals surface area contributed by atoms with Crippen molar-refractivity contribution in [1.82, 2.24) is 5.32 Å². The molecule has 1 rings (SSSR count). The van der Waals surface area contributed by atoms with Crippen LogP contribution in [0.2, 0.25) is 0 Å². The van der Waals surface area contributed by atoms with Crippen LogP contribution in [-0.4, -0.2) is 18.9 Å². The second-order valence-corrected chi connectivity index (χ2v) is 4.87. The largest absolute Gasteiger partial charge is 0.366 e. The van der Waals surface area contributed by atoms with E-state index in [0.717, 1.165) is 5.57 Å². The Hall–Kier alpha value is -1.58. The Balaban J connectivity index is 3.24. The van der Waals surface area contributed by atoms with Crippen molar-refractivity contribution in [3.05, 3.63) is 23.3 Å². The Bertz CT molecular complexity index is 408. The molecule has 0 saturated heterocycles. The first-order chi connectivity index (χ1) is 7.83. The van der Waals surface area contributed by atoms with Crippen molar-refractivity contribution in [1.29, 1.82) is 0 Å². The molecule has 0 spiro atoms. The van der Waals surface area contributed by atoms with Gasteiger partial charge in [-0.15, -0.1) is 0 Å². The molecule has 0 aromatic carbocycles. The molecule has 17 heavy (non-hydrogen) atoms. The van der Waals surface area contributed by atoms with Crippen LogP contribution in [0.4, 0.5) is 0 Å². The minimum absolute atomic E-state index is 0.0706. The molecule has 0 heterocycles. The van der Waals surface area contributed by atoms with Gasteiger partial charge in [-0.1, -0.05) is 31.6 Å². The molecule has 1 aliphatic rings. The highest BCUT2D eigenvalue weighted by Gasteiger charge is 2.42. The van der Waals surface area contributed by atoms with Crippen LogP contribution >= 0.6 is 0 Å². The molecule has 2 amide bonds. The molecule has 0 aromatic rings. The van der Waals surface area contributed by atoms with E-state index in [1.165, 1.54) is 0 Å². The Morgan fingerprint density at radius 3 is 2.47 bits per heavy atom. The number of carbonyl (C=O) groups is 2. The van der Waals surface area contributed by atoms with Gasteiger partial charge in [0.15, 0.2) is 0 Å². The average Bonchev–Trinajstić information content (AvgIpc) is 2.26. The second kappa shape index (κ2) is 4.73. The summed E-state index contributed by atoms with van der Waals surface area (Å²) >= 11 is 0. The van der Waals surface area contributed by atoms with Crippen LogP contribution in [0.5, 0.6) is 0 Å². The number of allylic oxidation sites excluding steroid dienone is 2. The third-order valence-electron chi connectivity index (χ3n) is 3.37. The number of amides is 2. The molecule has 1 aliphatic carbocycles. The fourth-order valence-corrected chi connectivity index (χ4v) is 2.31. The van der Waals surface area contributed by atoms with E-state index in [1.807, 2.05) is 26.8 Å². The fraction of sp³-hybridized carbons (Fsp3) is 0.538. The lowest BCUT2D eigenvalue weighted by Crippen LogP contribution is -2.44. The minimum Gasteiger partial charge on any atom is -0.366 e. The first-order valence-electron chi connectivity index (χ1n) is 5.75. The van der Waals surface area contributed by atoms with Crippen molar-refractivity contribution in [2.75, 3.05) is 7.05 Å². The molecule has 3 N–H and O–H groups in total. The van der Waals surface area contributed by atoms with E-state index in [1.54, 1.807) is 13.1 Å². The summed E-state index contributed by atoms with van der Waals surface area (Å²) in [5.74, 6) is -0.425. The van der Waals surface area contributed by atoms with Gasteiger partial charge in [0.1, 0.15) is 0 Å². The highest BCUT2D eigenvalue weighted by atomic mass is 16.2. The molecule has 1 atom stereocenters. The van der Waals surface area contributed by atoms with Crippen molar-refractivity contribution >= 4 is 11.8 Å². The summed E-state index contributed by atoms with van der Waals surface area (Å²) in [4.78, 5) is 23.4. The van der Waals surface area contributed by atoms with Gasteiger partial charge in [0, 0.05) is 12.6 Å². The maximum atomic E-state index is 12.1. The summed E-state index contributed by atoms with van der Waals surface area (Å²) in [6, 6.07) is 0. The summed E-state index contributed by atoms with van der Waals surface area (Å²) in [5, 5.41) is 2.67. The number of hydrogen-bond donors (Lipinski definition) is 2. The highest BCUT2D eigenvalue weighted by molar-refractivity contribution is 5.95. The van der Waals surface area contributed by atoms with Crippen LogP contribution in [0.1, 0.15) is 27.2 Å². The van der Waals surface area contributed by atoms with Gasteiger partial charge in [0.2, 0.25) is 11.8 Å². The van der Waals surface area contributed by atoms with Crippen LogP contribution < -0.4 is 11.1 Å². The molecule has 1 unspecified atom stereocenters. The normalized spacial score (nSPS) is 24.1. The molecule has 0 radical (unpaired) electrons. The van der Waals surface area contributed by atoms with Crippen LogP contribution in [0.15, 0.2) is 23.3 Å².